The number of ether oxygens (including phenoxy) is 2. The molecule has 4 aromatic rings. The topological polar surface area (TPSA) is 164 Å². The van der Waals surface area contributed by atoms with Crippen molar-refractivity contribution in [2.45, 2.75) is 25.4 Å². The molecule has 1 fully saturated rings. The first kappa shape index (κ1) is 33.4. The van der Waals surface area contributed by atoms with Gasteiger partial charge in [-0.3, -0.25) is 10.0 Å². The lowest BCUT2D eigenvalue weighted by atomic mass is 9.91. The van der Waals surface area contributed by atoms with Crippen LogP contribution in [0.15, 0.2) is 66.9 Å². The predicted molar refractivity (Wildman–Crippen MR) is 177 cm³/mol. The molecule has 0 radical (unpaired) electrons. The Balaban J connectivity index is 1.38. The van der Waals surface area contributed by atoms with Gasteiger partial charge in [0.2, 0.25) is 0 Å². The smallest absolute Gasteiger partial charge is 0.267 e. The van der Waals surface area contributed by atoms with E-state index >= 15 is 0 Å². The molecule has 244 valence electrons. The van der Waals surface area contributed by atoms with Gasteiger partial charge in [-0.15, -0.1) is 0 Å². The average molecular weight is 649 g/mol. The Morgan fingerprint density at radius 3 is 2.44 bits per heavy atom. The van der Waals surface area contributed by atoms with Gasteiger partial charge in [0, 0.05) is 54.6 Å². The predicted octanol–water partition coefficient (Wildman–Crippen LogP) is 5.30. The molecule has 0 bridgehead atoms. The van der Waals surface area contributed by atoms with Crippen LogP contribution in [0, 0.1) is 28.5 Å². The van der Waals surface area contributed by atoms with Crippen LogP contribution in [0.3, 0.4) is 0 Å². The summed E-state index contributed by atoms with van der Waals surface area (Å²) in [6, 6.07) is 19.0. The molecule has 0 unspecified atom stereocenters. The zero-order valence-corrected chi connectivity index (χ0v) is 26.3. The fourth-order valence-electron chi connectivity index (χ4n) is 5.75. The molecule has 0 atom stereocenters. The number of phenolic OH excluding ortho intramolecular Hbond substituents is 1. The summed E-state index contributed by atoms with van der Waals surface area (Å²) in [4.78, 5) is 18.1. The molecule has 48 heavy (non-hydrogen) atoms. The average Bonchev–Trinajstić information content (AvgIpc) is 3.12. The number of anilines is 1. The van der Waals surface area contributed by atoms with Crippen molar-refractivity contribution in [3.63, 3.8) is 0 Å². The number of pyridine rings is 1. The van der Waals surface area contributed by atoms with Gasteiger partial charge in [0.25, 0.3) is 5.91 Å². The first-order valence-electron chi connectivity index (χ1n) is 15.1. The van der Waals surface area contributed by atoms with E-state index in [4.69, 9.17) is 19.7 Å². The number of nitrogens with one attached hydrogen (secondary N) is 2. The van der Waals surface area contributed by atoms with Gasteiger partial charge < -0.3 is 24.8 Å². The maximum Gasteiger partial charge on any atom is 0.267 e. The number of nitriles is 2. The van der Waals surface area contributed by atoms with Crippen molar-refractivity contribution in [1.29, 1.82) is 10.5 Å². The largest absolute Gasteiger partial charge is 0.504 e. The highest BCUT2D eigenvalue weighted by atomic mass is 19.1. The fourth-order valence-corrected chi connectivity index (χ4v) is 5.75. The molecule has 2 heterocycles. The molecule has 1 aliphatic heterocycles. The zero-order valence-electron chi connectivity index (χ0n) is 26.3. The summed E-state index contributed by atoms with van der Waals surface area (Å²) in [5, 5.41) is 42.5. The van der Waals surface area contributed by atoms with Gasteiger partial charge in [0.1, 0.15) is 35.1 Å². The Bertz CT molecular complexity index is 1940. The number of hydrogen-bond donors (Lipinski definition) is 4. The molecular formula is C36H33FN6O5. The number of rotatable bonds is 10. The van der Waals surface area contributed by atoms with Gasteiger partial charge in [-0.2, -0.15) is 10.5 Å². The number of hydrogen-bond acceptors (Lipinski definition) is 10. The summed E-state index contributed by atoms with van der Waals surface area (Å²) < 4.78 is 25.6. The number of nitrogens with zero attached hydrogens (tertiary/aromatic N) is 4. The standard InChI is InChI=1S/C36H33FN6O5/c1-47-32-9-8-23(17-31(32)44)29-21-41-36(28(19-39)35(29)24-6-7-25(18-38)30(37)16-24)43-13-11-27(12-14-43)40-20-26-5-3-22(15-33(26)48-2)4-10-34(45)42-46/h3-10,15-17,21,27,40,44,46H,11-14,20H2,1-2H3,(H,42,45)/b10-4+. The fraction of sp³-hybridized carbons (Fsp3) is 0.222. The molecule has 5 rings (SSSR count). The molecule has 1 aliphatic rings. The van der Waals surface area contributed by atoms with Crippen molar-refractivity contribution in [3.05, 3.63) is 94.9 Å². The number of carbonyl (C=O) groups is 1. The number of amides is 1. The zero-order chi connectivity index (χ0) is 34.2. The Morgan fingerprint density at radius 2 is 1.79 bits per heavy atom. The number of carbonyl (C=O) groups excluding carboxylic acids is 1. The summed E-state index contributed by atoms with van der Waals surface area (Å²) in [5.41, 5.74) is 5.31. The molecular weight excluding hydrogens is 615 g/mol. The number of aromatic nitrogens is 1. The quantitative estimate of drug-likeness (QED) is 0.101. The van der Waals surface area contributed by atoms with Gasteiger partial charge in [-0.1, -0.05) is 24.3 Å². The molecule has 12 heteroatoms. The van der Waals surface area contributed by atoms with Crippen LogP contribution in [0.5, 0.6) is 17.2 Å². The number of hydroxylamine groups is 1. The van der Waals surface area contributed by atoms with Crippen molar-refractivity contribution in [1.82, 2.24) is 15.8 Å². The molecule has 1 amide bonds. The summed E-state index contributed by atoms with van der Waals surface area (Å²) in [7, 11) is 3.02. The maximum absolute atomic E-state index is 14.9. The van der Waals surface area contributed by atoms with Crippen molar-refractivity contribution in [2.75, 3.05) is 32.2 Å². The van der Waals surface area contributed by atoms with E-state index in [9.17, 15) is 24.8 Å². The Labute approximate surface area is 277 Å². The number of piperidine rings is 1. The van der Waals surface area contributed by atoms with Gasteiger partial charge in [0.15, 0.2) is 11.5 Å². The summed E-state index contributed by atoms with van der Waals surface area (Å²) in [6.45, 7) is 1.77. The summed E-state index contributed by atoms with van der Waals surface area (Å²) in [6.07, 6.45) is 5.94. The van der Waals surface area contributed by atoms with Crippen LogP contribution in [0.2, 0.25) is 0 Å². The van der Waals surface area contributed by atoms with E-state index in [0.717, 1.165) is 24.0 Å². The van der Waals surface area contributed by atoms with Crippen LogP contribution in [-0.2, 0) is 11.3 Å². The lowest BCUT2D eigenvalue weighted by Crippen LogP contribution is -2.43. The van der Waals surface area contributed by atoms with E-state index in [-0.39, 0.29) is 28.7 Å². The van der Waals surface area contributed by atoms with Gasteiger partial charge in [-0.25, -0.2) is 14.9 Å². The number of benzene rings is 3. The minimum Gasteiger partial charge on any atom is -0.504 e. The lowest BCUT2D eigenvalue weighted by molar-refractivity contribution is -0.124. The normalized spacial score (nSPS) is 13.2. The van der Waals surface area contributed by atoms with Crippen LogP contribution < -0.4 is 25.2 Å². The van der Waals surface area contributed by atoms with E-state index in [1.807, 2.05) is 29.2 Å². The minimum absolute atomic E-state index is 0.0957. The first-order valence-corrected chi connectivity index (χ1v) is 15.1. The summed E-state index contributed by atoms with van der Waals surface area (Å²) >= 11 is 0. The van der Waals surface area contributed by atoms with Crippen LogP contribution >= 0.6 is 0 Å². The first-order chi connectivity index (χ1) is 23.3. The molecule has 11 nitrogen and oxygen atoms in total. The Hall–Kier alpha value is -5.95. The molecule has 0 spiro atoms. The molecule has 0 saturated carbocycles. The van der Waals surface area contributed by atoms with Crippen LogP contribution in [-0.4, -0.2) is 54.6 Å². The summed E-state index contributed by atoms with van der Waals surface area (Å²) in [5.74, 6) is -0.0190. The molecule has 0 aliphatic carbocycles. The van der Waals surface area contributed by atoms with E-state index in [1.165, 1.54) is 31.4 Å². The third-order valence-electron chi connectivity index (χ3n) is 8.26. The molecule has 3 aromatic carbocycles. The Kier molecular flexibility index (Phi) is 10.5. The minimum atomic E-state index is -0.704. The highest BCUT2D eigenvalue weighted by Gasteiger charge is 2.26. The second kappa shape index (κ2) is 15.1. The second-order valence-electron chi connectivity index (χ2n) is 11.1. The monoisotopic (exact) mass is 648 g/mol. The van der Waals surface area contributed by atoms with Crippen molar-refractivity contribution >= 4 is 17.8 Å². The molecule has 1 saturated heterocycles. The number of methoxy groups -OCH3 is 2. The van der Waals surface area contributed by atoms with E-state index in [0.29, 0.717) is 53.5 Å². The lowest BCUT2D eigenvalue weighted by Gasteiger charge is -2.34. The van der Waals surface area contributed by atoms with E-state index in [2.05, 4.69) is 11.4 Å². The van der Waals surface area contributed by atoms with E-state index < -0.39 is 11.7 Å². The second-order valence-corrected chi connectivity index (χ2v) is 11.1. The van der Waals surface area contributed by atoms with Gasteiger partial charge >= 0.3 is 0 Å². The van der Waals surface area contributed by atoms with Crippen LogP contribution in [0.4, 0.5) is 10.2 Å². The highest BCUT2D eigenvalue weighted by molar-refractivity contribution is 5.91. The third-order valence-corrected chi connectivity index (χ3v) is 8.26. The molecule has 4 N–H and O–H groups in total. The van der Waals surface area contributed by atoms with Crippen molar-refractivity contribution in [2.24, 2.45) is 0 Å². The number of phenols is 1. The third kappa shape index (κ3) is 7.21. The molecule has 1 aromatic heterocycles. The van der Waals surface area contributed by atoms with Gasteiger partial charge in [-0.05, 0) is 65.9 Å². The van der Waals surface area contributed by atoms with Gasteiger partial charge in [0.05, 0.1) is 19.8 Å². The maximum atomic E-state index is 14.9. The van der Waals surface area contributed by atoms with E-state index in [1.54, 1.807) is 43.1 Å². The Morgan fingerprint density at radius 1 is 1.04 bits per heavy atom. The van der Waals surface area contributed by atoms with Crippen LogP contribution in [0.1, 0.15) is 35.1 Å². The van der Waals surface area contributed by atoms with Crippen LogP contribution in [0.25, 0.3) is 28.3 Å². The SMILES string of the molecule is COc1ccc(-c2cnc(N3CCC(NCc4ccc(/C=C/C(=O)NO)cc4OC)CC3)c(C#N)c2-c2ccc(C#N)c(F)c2)cc1O. The number of halogens is 1. The van der Waals surface area contributed by atoms with Crippen molar-refractivity contribution < 1.29 is 29.0 Å². The van der Waals surface area contributed by atoms with Crippen molar-refractivity contribution in [3.8, 4) is 51.6 Å². The highest BCUT2D eigenvalue weighted by Crippen LogP contribution is 2.41. The number of aromatic hydroxyl groups is 1.